The predicted molar refractivity (Wildman–Crippen MR) is 84.7 cm³/mol. The van der Waals surface area contributed by atoms with E-state index in [0.29, 0.717) is 18.2 Å². The summed E-state index contributed by atoms with van der Waals surface area (Å²) in [6, 6.07) is -0.0600. The maximum atomic E-state index is 12.0. The number of thiophene rings is 1. The van der Waals surface area contributed by atoms with Crippen molar-refractivity contribution in [2.45, 2.75) is 13.0 Å². The molecule has 0 fully saturated rings. The Hall–Kier alpha value is -2.06. The molecule has 116 valence electrons. The van der Waals surface area contributed by atoms with Gasteiger partial charge in [-0.1, -0.05) is 6.08 Å². The lowest BCUT2D eigenvalue weighted by atomic mass is 10.2. The first-order valence-electron chi connectivity index (χ1n) is 6.29. The molecule has 1 rings (SSSR count). The minimum Gasteiger partial charge on any atom is -0.397 e. The van der Waals surface area contributed by atoms with Crippen molar-refractivity contribution in [3.63, 3.8) is 0 Å². The average Bonchev–Trinajstić information content (AvgIpc) is 2.73. The Kier molecular flexibility index (Phi) is 6.19. The van der Waals surface area contributed by atoms with Gasteiger partial charge in [-0.15, -0.1) is 17.9 Å². The van der Waals surface area contributed by atoms with Crippen LogP contribution in [0.25, 0.3) is 0 Å². The molecule has 1 aromatic heterocycles. The third-order valence-electron chi connectivity index (χ3n) is 2.60. The highest BCUT2D eigenvalue weighted by Gasteiger charge is 2.24. The van der Waals surface area contributed by atoms with E-state index >= 15 is 0 Å². The van der Waals surface area contributed by atoms with E-state index in [9.17, 15) is 9.59 Å². The fourth-order valence-corrected chi connectivity index (χ4v) is 2.87. The smallest absolute Gasteiger partial charge is 0.263 e. The first kappa shape index (κ1) is 17.0. The molecule has 21 heavy (non-hydrogen) atoms. The number of anilines is 2. The maximum Gasteiger partial charge on any atom is 0.263 e. The summed E-state index contributed by atoms with van der Waals surface area (Å²) in [6.45, 7) is 6.14. The molecule has 7 nitrogen and oxygen atoms in total. The number of rotatable bonds is 8. The van der Waals surface area contributed by atoms with Gasteiger partial charge in [0.25, 0.3) is 11.8 Å². The molecule has 0 aliphatic heterocycles. The Morgan fingerprint density at radius 3 is 2.71 bits per heavy atom. The van der Waals surface area contributed by atoms with Gasteiger partial charge in [0.05, 0.1) is 17.9 Å². The van der Waals surface area contributed by atoms with Crippen LogP contribution in [0.1, 0.15) is 27.0 Å². The number of nitrogens with one attached hydrogen (secondary N) is 2. The van der Waals surface area contributed by atoms with Gasteiger partial charge >= 0.3 is 0 Å². The summed E-state index contributed by atoms with van der Waals surface area (Å²) >= 11 is 1.09. The van der Waals surface area contributed by atoms with E-state index in [1.807, 2.05) is 6.92 Å². The van der Waals surface area contributed by atoms with Crippen LogP contribution in [0.4, 0.5) is 10.7 Å². The van der Waals surface area contributed by atoms with E-state index in [4.69, 9.17) is 16.2 Å². The van der Waals surface area contributed by atoms with Crippen molar-refractivity contribution < 1.29 is 14.3 Å². The van der Waals surface area contributed by atoms with E-state index in [-0.39, 0.29) is 28.1 Å². The highest BCUT2D eigenvalue weighted by atomic mass is 32.1. The molecule has 1 heterocycles. The van der Waals surface area contributed by atoms with E-state index in [1.54, 1.807) is 13.2 Å². The van der Waals surface area contributed by atoms with Crippen molar-refractivity contribution in [2.75, 3.05) is 31.3 Å². The van der Waals surface area contributed by atoms with Crippen LogP contribution in [0.2, 0.25) is 0 Å². The van der Waals surface area contributed by atoms with Crippen molar-refractivity contribution in [1.82, 2.24) is 5.32 Å². The highest BCUT2D eigenvalue weighted by Crippen LogP contribution is 2.35. The Balaban J connectivity index is 3.10. The molecule has 0 spiro atoms. The second kappa shape index (κ2) is 7.65. The van der Waals surface area contributed by atoms with Crippen molar-refractivity contribution in [3.05, 3.63) is 23.1 Å². The molecule has 0 aliphatic rings. The lowest BCUT2D eigenvalue weighted by Crippen LogP contribution is -2.23. The normalized spacial score (nSPS) is 11.7. The molecule has 8 heteroatoms. The summed E-state index contributed by atoms with van der Waals surface area (Å²) in [6.07, 6.45) is 1.55. The van der Waals surface area contributed by atoms with Crippen LogP contribution in [0.3, 0.4) is 0 Å². The second-order valence-electron chi connectivity index (χ2n) is 4.41. The van der Waals surface area contributed by atoms with E-state index in [0.717, 1.165) is 11.3 Å². The lowest BCUT2D eigenvalue weighted by Gasteiger charge is -2.13. The zero-order valence-electron chi connectivity index (χ0n) is 12.1. The molecular weight excluding hydrogens is 292 g/mol. The van der Waals surface area contributed by atoms with Crippen molar-refractivity contribution in [3.8, 4) is 0 Å². The Morgan fingerprint density at radius 2 is 2.19 bits per heavy atom. The first-order chi connectivity index (χ1) is 9.92. The van der Waals surface area contributed by atoms with Crippen LogP contribution >= 0.6 is 11.3 Å². The lowest BCUT2D eigenvalue weighted by molar-refractivity contribution is 0.0962. The minimum absolute atomic E-state index is 0.0600. The zero-order chi connectivity index (χ0) is 16.0. The van der Waals surface area contributed by atoms with Gasteiger partial charge in [0.1, 0.15) is 9.88 Å². The molecule has 0 saturated heterocycles. The summed E-state index contributed by atoms with van der Waals surface area (Å²) in [5.41, 5.74) is 11.4. The number of carbonyl (C=O) groups excluding carboxylic acids is 2. The number of nitrogen functional groups attached to an aromatic ring is 1. The van der Waals surface area contributed by atoms with Crippen LogP contribution in [0.15, 0.2) is 12.7 Å². The first-order valence-corrected chi connectivity index (χ1v) is 7.10. The summed E-state index contributed by atoms with van der Waals surface area (Å²) in [5.74, 6) is -1.05. The monoisotopic (exact) mass is 312 g/mol. The van der Waals surface area contributed by atoms with Gasteiger partial charge in [-0.25, -0.2) is 0 Å². The van der Waals surface area contributed by atoms with Gasteiger partial charge in [-0.3, -0.25) is 9.59 Å². The number of primary amides is 1. The molecular formula is C13H20N4O3S. The highest BCUT2D eigenvalue weighted by molar-refractivity contribution is 7.19. The number of methoxy groups -OCH3 is 1. The summed E-state index contributed by atoms with van der Waals surface area (Å²) in [4.78, 5) is 23.8. The van der Waals surface area contributed by atoms with Crippen LogP contribution in [-0.4, -0.2) is 38.1 Å². The second-order valence-corrected chi connectivity index (χ2v) is 5.43. The van der Waals surface area contributed by atoms with Gasteiger partial charge < -0.3 is 26.8 Å². The molecule has 0 saturated carbocycles. The zero-order valence-corrected chi connectivity index (χ0v) is 12.9. The van der Waals surface area contributed by atoms with Crippen molar-refractivity contribution >= 4 is 33.8 Å². The molecule has 6 N–H and O–H groups in total. The number of amides is 2. The van der Waals surface area contributed by atoms with Crippen LogP contribution in [-0.2, 0) is 4.74 Å². The Labute approximate surface area is 127 Å². The minimum atomic E-state index is -0.682. The Bertz CT molecular complexity index is 542. The third kappa shape index (κ3) is 4.20. The molecule has 0 bridgehead atoms. The quantitative estimate of drug-likeness (QED) is 0.529. The summed E-state index contributed by atoms with van der Waals surface area (Å²) in [7, 11) is 1.57. The molecule has 1 aromatic rings. The molecule has 1 atom stereocenters. The third-order valence-corrected chi connectivity index (χ3v) is 3.73. The van der Waals surface area contributed by atoms with Gasteiger partial charge in [-0.2, -0.15) is 0 Å². The maximum absolute atomic E-state index is 12.0. The van der Waals surface area contributed by atoms with Crippen LogP contribution in [0, 0.1) is 0 Å². The number of carbonyl (C=O) groups is 2. The van der Waals surface area contributed by atoms with E-state index < -0.39 is 5.91 Å². The fourth-order valence-electron chi connectivity index (χ4n) is 1.72. The summed E-state index contributed by atoms with van der Waals surface area (Å²) < 4.78 is 5.02. The van der Waals surface area contributed by atoms with Crippen molar-refractivity contribution in [1.29, 1.82) is 0 Å². The fraction of sp³-hybridized carbons (Fsp3) is 0.385. The topological polar surface area (TPSA) is 119 Å². The number of ether oxygens (including phenoxy) is 1. The molecule has 0 aromatic carbocycles. The van der Waals surface area contributed by atoms with Gasteiger partial charge in [0, 0.05) is 19.7 Å². The Morgan fingerprint density at radius 1 is 1.52 bits per heavy atom. The van der Waals surface area contributed by atoms with Gasteiger partial charge in [-0.05, 0) is 6.92 Å². The van der Waals surface area contributed by atoms with E-state index in [1.165, 1.54) is 0 Å². The number of hydrogen-bond acceptors (Lipinski definition) is 6. The SMILES string of the molecule is C=CCNC(=O)c1sc(NC(C)COC)c(C(N)=O)c1N. The van der Waals surface area contributed by atoms with E-state index in [2.05, 4.69) is 17.2 Å². The number of hydrogen-bond donors (Lipinski definition) is 4. The molecule has 1 unspecified atom stereocenters. The molecule has 0 radical (unpaired) electrons. The largest absolute Gasteiger partial charge is 0.397 e. The van der Waals surface area contributed by atoms with Gasteiger partial charge in [0.15, 0.2) is 0 Å². The summed E-state index contributed by atoms with van der Waals surface area (Å²) in [5, 5.41) is 6.16. The molecule has 2 amide bonds. The average molecular weight is 312 g/mol. The standard InChI is InChI=1S/C13H20N4O3S/c1-4-5-16-12(19)10-9(14)8(11(15)18)13(21-10)17-7(2)6-20-3/h4,7,17H,1,5-6,14H2,2-3H3,(H2,15,18)(H,16,19). The van der Waals surface area contributed by atoms with Gasteiger partial charge in [0.2, 0.25) is 0 Å². The number of nitrogens with two attached hydrogens (primary N) is 2. The van der Waals surface area contributed by atoms with Crippen LogP contribution in [0.5, 0.6) is 0 Å². The predicted octanol–water partition coefficient (Wildman–Crippen LogP) is 0.792. The van der Waals surface area contributed by atoms with Crippen LogP contribution < -0.4 is 22.1 Å². The molecule has 0 aliphatic carbocycles. The van der Waals surface area contributed by atoms with Crippen molar-refractivity contribution in [2.24, 2.45) is 5.73 Å².